The fourth-order valence-electron chi connectivity index (χ4n) is 1.48. The first-order valence-corrected chi connectivity index (χ1v) is 5.55. The Balaban J connectivity index is 2.58. The third kappa shape index (κ3) is 1.81. The minimum atomic E-state index is 0.545. The summed E-state index contributed by atoms with van der Waals surface area (Å²) in [5.74, 6) is 0.545. The topological polar surface area (TPSA) is 48.7 Å². The molecule has 0 fully saturated rings. The van der Waals surface area contributed by atoms with E-state index >= 15 is 0 Å². The van der Waals surface area contributed by atoms with Gasteiger partial charge in [0.2, 0.25) is 0 Å². The zero-order valence-electron chi connectivity index (χ0n) is 8.47. The first-order valence-electron chi connectivity index (χ1n) is 4.67. The molecule has 0 aliphatic rings. The number of nitriles is 1. The van der Waals surface area contributed by atoms with Crippen LogP contribution in [0.1, 0.15) is 5.56 Å². The third-order valence-electron chi connectivity index (χ3n) is 2.16. The van der Waals surface area contributed by atoms with Gasteiger partial charge in [-0.15, -0.1) is 11.3 Å². The number of pyridine rings is 1. The van der Waals surface area contributed by atoms with E-state index in [2.05, 4.69) is 16.9 Å². The van der Waals surface area contributed by atoms with Gasteiger partial charge in [0, 0.05) is 22.2 Å². The molecule has 0 aliphatic heterocycles. The highest BCUT2D eigenvalue weighted by Gasteiger charge is 2.08. The molecule has 0 aromatic carbocycles. The molecule has 0 radical (unpaired) electrons. The Morgan fingerprint density at radius 2 is 2.38 bits per heavy atom. The quantitative estimate of drug-likeness (QED) is 0.646. The zero-order chi connectivity index (χ0) is 11.4. The van der Waals surface area contributed by atoms with Crippen LogP contribution in [0.15, 0.2) is 36.4 Å². The second-order valence-corrected chi connectivity index (χ2v) is 3.99. The number of aromatic nitrogens is 1. The van der Waals surface area contributed by atoms with Gasteiger partial charge in [0.1, 0.15) is 5.82 Å². The summed E-state index contributed by atoms with van der Waals surface area (Å²) >= 11 is 1.65. The van der Waals surface area contributed by atoms with E-state index in [4.69, 9.17) is 5.26 Å². The molecule has 2 aromatic heterocycles. The van der Waals surface area contributed by atoms with Crippen molar-refractivity contribution < 1.29 is 0 Å². The molecule has 0 aliphatic carbocycles. The van der Waals surface area contributed by atoms with E-state index in [-0.39, 0.29) is 0 Å². The van der Waals surface area contributed by atoms with Gasteiger partial charge in [-0.05, 0) is 17.5 Å². The number of hydrogen-bond donors (Lipinski definition) is 1. The van der Waals surface area contributed by atoms with Crippen LogP contribution in [-0.4, -0.2) is 4.98 Å². The van der Waals surface area contributed by atoms with E-state index in [1.807, 2.05) is 29.8 Å². The third-order valence-corrected chi connectivity index (χ3v) is 3.06. The molecule has 0 unspecified atom stereocenters. The Kier molecular flexibility index (Phi) is 2.99. The summed E-state index contributed by atoms with van der Waals surface area (Å²) in [7, 11) is 0. The largest absolute Gasteiger partial charge is 0.276 e. The van der Waals surface area contributed by atoms with Crippen molar-refractivity contribution in [2.45, 2.75) is 0 Å². The molecule has 0 amide bonds. The molecule has 0 saturated carbocycles. The summed E-state index contributed by atoms with van der Waals surface area (Å²) in [6.45, 7) is 3.76. The molecule has 2 aromatic rings. The van der Waals surface area contributed by atoms with Crippen molar-refractivity contribution in [3.8, 4) is 16.6 Å². The van der Waals surface area contributed by atoms with Crippen molar-refractivity contribution in [3.63, 3.8) is 0 Å². The second-order valence-electron chi connectivity index (χ2n) is 3.04. The van der Waals surface area contributed by atoms with Crippen molar-refractivity contribution in [1.29, 1.82) is 5.26 Å². The van der Waals surface area contributed by atoms with Crippen molar-refractivity contribution >= 4 is 23.2 Å². The summed E-state index contributed by atoms with van der Waals surface area (Å²) in [5, 5.41) is 13.2. The molecule has 0 bridgehead atoms. The Morgan fingerprint density at radius 1 is 1.50 bits per heavy atom. The molecule has 4 heteroatoms. The van der Waals surface area contributed by atoms with Crippen molar-refractivity contribution in [3.05, 3.63) is 41.9 Å². The molecule has 2 heterocycles. The summed E-state index contributed by atoms with van der Waals surface area (Å²) in [6, 6.07) is 5.94. The lowest BCUT2D eigenvalue weighted by Gasteiger charge is -2.07. The van der Waals surface area contributed by atoms with Gasteiger partial charge in [-0.2, -0.15) is 5.26 Å². The summed E-state index contributed by atoms with van der Waals surface area (Å²) in [6.07, 6.45) is 5.27. The monoisotopic (exact) mass is 227 g/mol. The van der Waals surface area contributed by atoms with Crippen LogP contribution in [0.25, 0.3) is 16.5 Å². The lowest BCUT2D eigenvalue weighted by molar-refractivity contribution is 1.30. The lowest BCUT2D eigenvalue weighted by Crippen LogP contribution is -1.95. The molecule has 1 N–H and O–H groups in total. The Hall–Kier alpha value is -2.12. The smallest absolute Gasteiger partial charge is 0.182 e. The standard InChI is InChI=1S/C12H9N3S/c1-2-9-10(11-4-3-7-16-11)5-6-14-12(9)15-8-13/h2-7H,1H2,(H,14,15). The molecule has 0 spiro atoms. The van der Waals surface area contributed by atoms with Crippen LogP contribution in [-0.2, 0) is 0 Å². The van der Waals surface area contributed by atoms with Crippen LogP contribution in [0, 0.1) is 11.5 Å². The van der Waals surface area contributed by atoms with Gasteiger partial charge in [0.05, 0.1) is 0 Å². The molecule has 0 saturated heterocycles. The van der Waals surface area contributed by atoms with Gasteiger partial charge in [0.15, 0.2) is 6.19 Å². The highest BCUT2D eigenvalue weighted by Crippen LogP contribution is 2.31. The maximum absolute atomic E-state index is 8.63. The first kappa shape index (κ1) is 10.4. The number of rotatable bonds is 3. The van der Waals surface area contributed by atoms with Gasteiger partial charge in [0.25, 0.3) is 0 Å². The molecular formula is C12H9N3S. The summed E-state index contributed by atoms with van der Waals surface area (Å²) < 4.78 is 0. The van der Waals surface area contributed by atoms with Crippen LogP contribution in [0.4, 0.5) is 5.82 Å². The van der Waals surface area contributed by atoms with Crippen molar-refractivity contribution in [2.75, 3.05) is 5.32 Å². The second kappa shape index (κ2) is 4.60. The van der Waals surface area contributed by atoms with Crippen LogP contribution >= 0.6 is 11.3 Å². The van der Waals surface area contributed by atoms with Crippen molar-refractivity contribution in [2.24, 2.45) is 0 Å². The van der Waals surface area contributed by atoms with Gasteiger partial charge in [-0.1, -0.05) is 18.7 Å². The van der Waals surface area contributed by atoms with Crippen molar-refractivity contribution in [1.82, 2.24) is 4.98 Å². The van der Waals surface area contributed by atoms with Crippen LogP contribution in [0.3, 0.4) is 0 Å². The minimum Gasteiger partial charge on any atom is -0.276 e. The number of nitrogens with zero attached hydrogens (tertiary/aromatic N) is 2. The molecule has 3 nitrogen and oxygen atoms in total. The summed E-state index contributed by atoms with van der Waals surface area (Å²) in [5.41, 5.74) is 1.89. The molecule has 0 atom stereocenters. The Morgan fingerprint density at radius 3 is 3.00 bits per heavy atom. The van der Waals surface area contributed by atoms with E-state index in [0.29, 0.717) is 5.82 Å². The van der Waals surface area contributed by atoms with E-state index in [0.717, 1.165) is 16.0 Å². The highest BCUT2D eigenvalue weighted by atomic mass is 32.1. The number of hydrogen-bond acceptors (Lipinski definition) is 4. The average Bonchev–Trinajstić information content (AvgIpc) is 2.82. The van der Waals surface area contributed by atoms with Crippen LogP contribution in [0.2, 0.25) is 0 Å². The fourth-order valence-corrected chi connectivity index (χ4v) is 2.24. The van der Waals surface area contributed by atoms with E-state index in [1.165, 1.54) is 0 Å². The van der Waals surface area contributed by atoms with Gasteiger partial charge in [-0.3, -0.25) is 5.32 Å². The number of nitrogens with one attached hydrogen (secondary N) is 1. The van der Waals surface area contributed by atoms with Crippen LogP contribution in [0.5, 0.6) is 0 Å². The molecule has 16 heavy (non-hydrogen) atoms. The maximum Gasteiger partial charge on any atom is 0.182 e. The first-order chi connectivity index (χ1) is 7.86. The average molecular weight is 227 g/mol. The van der Waals surface area contributed by atoms with Gasteiger partial charge in [-0.25, -0.2) is 4.98 Å². The normalized spacial score (nSPS) is 9.44. The molecular weight excluding hydrogens is 218 g/mol. The zero-order valence-corrected chi connectivity index (χ0v) is 9.29. The Bertz CT molecular complexity index is 538. The minimum absolute atomic E-state index is 0.545. The number of anilines is 1. The fraction of sp³-hybridized carbons (Fsp3) is 0. The van der Waals surface area contributed by atoms with E-state index in [9.17, 15) is 0 Å². The lowest BCUT2D eigenvalue weighted by atomic mass is 10.1. The predicted octanol–water partition coefficient (Wildman–Crippen LogP) is 3.35. The SMILES string of the molecule is C=Cc1c(-c2cccs2)ccnc1NC#N. The van der Waals surface area contributed by atoms with E-state index in [1.54, 1.807) is 23.6 Å². The van der Waals surface area contributed by atoms with Crippen LogP contribution < -0.4 is 5.32 Å². The predicted molar refractivity (Wildman–Crippen MR) is 66.9 cm³/mol. The molecule has 2 rings (SSSR count). The van der Waals surface area contributed by atoms with Gasteiger partial charge >= 0.3 is 0 Å². The van der Waals surface area contributed by atoms with Gasteiger partial charge < -0.3 is 0 Å². The maximum atomic E-state index is 8.63. The molecule has 78 valence electrons. The summed E-state index contributed by atoms with van der Waals surface area (Å²) in [4.78, 5) is 5.25. The highest BCUT2D eigenvalue weighted by molar-refractivity contribution is 7.13. The van der Waals surface area contributed by atoms with E-state index < -0.39 is 0 Å². The number of thiophene rings is 1. The Labute approximate surface area is 97.7 Å².